The summed E-state index contributed by atoms with van der Waals surface area (Å²) in [5, 5.41) is 3.09. The highest BCUT2D eigenvalue weighted by Crippen LogP contribution is 2.33. The van der Waals surface area contributed by atoms with Crippen molar-refractivity contribution in [2.45, 2.75) is 17.6 Å². The van der Waals surface area contributed by atoms with E-state index < -0.39 is 10.0 Å². The smallest absolute Gasteiger partial charge is 0.252 e. The standard InChI is InChI=1S/C11H17ClN2O2S2.ClH/c1-8-5-10(17-11(8)12)18(15,16)14-4-3-9(7-14)6-13-2;/h5,9,13H,3-4,6-7H2,1-2H3;1H. The lowest BCUT2D eigenvalue weighted by Crippen LogP contribution is -2.30. The van der Waals surface area contributed by atoms with Gasteiger partial charge >= 0.3 is 0 Å². The second kappa shape index (κ2) is 6.74. The lowest BCUT2D eigenvalue weighted by Gasteiger charge is -2.15. The molecule has 1 unspecified atom stereocenters. The third-order valence-electron chi connectivity index (χ3n) is 3.17. The zero-order valence-corrected chi connectivity index (χ0v) is 14.1. The Morgan fingerprint density at radius 2 is 2.26 bits per heavy atom. The topological polar surface area (TPSA) is 49.4 Å². The van der Waals surface area contributed by atoms with E-state index >= 15 is 0 Å². The van der Waals surface area contributed by atoms with E-state index in [1.807, 2.05) is 14.0 Å². The highest BCUT2D eigenvalue weighted by molar-refractivity contribution is 7.91. The molecular formula is C11H18Cl2N2O2S2. The van der Waals surface area contributed by atoms with Crippen LogP contribution in [0.4, 0.5) is 0 Å². The van der Waals surface area contributed by atoms with Crippen molar-refractivity contribution in [1.82, 2.24) is 9.62 Å². The molecule has 1 atom stereocenters. The molecule has 19 heavy (non-hydrogen) atoms. The van der Waals surface area contributed by atoms with Crippen molar-refractivity contribution in [2.75, 3.05) is 26.7 Å². The summed E-state index contributed by atoms with van der Waals surface area (Å²) in [5.74, 6) is 0.404. The van der Waals surface area contributed by atoms with E-state index in [-0.39, 0.29) is 12.4 Å². The molecule has 1 aromatic heterocycles. The third kappa shape index (κ3) is 3.62. The van der Waals surface area contributed by atoms with Crippen molar-refractivity contribution < 1.29 is 8.42 Å². The van der Waals surface area contributed by atoms with Gasteiger partial charge in [0.25, 0.3) is 10.0 Å². The quantitative estimate of drug-likeness (QED) is 0.911. The number of hydrogen-bond donors (Lipinski definition) is 1. The van der Waals surface area contributed by atoms with Crippen LogP contribution in [0.2, 0.25) is 4.34 Å². The molecule has 0 radical (unpaired) electrons. The highest BCUT2D eigenvalue weighted by atomic mass is 35.5. The zero-order valence-electron chi connectivity index (χ0n) is 10.8. The first-order valence-corrected chi connectivity index (χ1v) is 8.49. The first kappa shape index (κ1) is 17.2. The summed E-state index contributed by atoms with van der Waals surface area (Å²) in [5.41, 5.74) is 0.825. The summed E-state index contributed by atoms with van der Waals surface area (Å²) in [6.45, 7) is 3.88. The number of aryl methyl sites for hydroxylation is 1. The predicted molar refractivity (Wildman–Crippen MR) is 82.1 cm³/mol. The van der Waals surface area contributed by atoms with Crippen molar-refractivity contribution in [3.63, 3.8) is 0 Å². The van der Waals surface area contributed by atoms with Crippen LogP contribution in [0, 0.1) is 12.8 Å². The normalized spacial score (nSPS) is 20.5. The first-order chi connectivity index (χ1) is 8.45. The molecule has 0 aliphatic carbocycles. The van der Waals surface area contributed by atoms with Gasteiger partial charge in [-0.3, -0.25) is 0 Å². The van der Waals surface area contributed by atoms with Crippen molar-refractivity contribution >= 4 is 45.4 Å². The van der Waals surface area contributed by atoms with Gasteiger partial charge in [-0.1, -0.05) is 11.6 Å². The zero-order chi connectivity index (χ0) is 13.3. The first-order valence-electron chi connectivity index (χ1n) is 5.86. The lowest BCUT2D eigenvalue weighted by molar-refractivity contribution is 0.452. The van der Waals surface area contributed by atoms with Crippen molar-refractivity contribution in [3.05, 3.63) is 16.0 Å². The van der Waals surface area contributed by atoms with Crippen LogP contribution in [0.25, 0.3) is 0 Å². The van der Waals surface area contributed by atoms with Crippen LogP contribution in [-0.2, 0) is 10.0 Å². The molecule has 2 rings (SSSR count). The molecule has 0 spiro atoms. The van der Waals surface area contributed by atoms with Gasteiger partial charge in [-0.25, -0.2) is 8.42 Å². The SMILES string of the molecule is CNCC1CCN(S(=O)(=O)c2cc(C)c(Cl)s2)C1.Cl. The molecule has 0 bridgehead atoms. The fourth-order valence-corrected chi connectivity index (χ4v) is 5.55. The van der Waals surface area contributed by atoms with E-state index in [1.165, 1.54) is 0 Å². The molecule has 4 nitrogen and oxygen atoms in total. The van der Waals surface area contributed by atoms with Crippen molar-refractivity contribution in [1.29, 1.82) is 0 Å². The Balaban J connectivity index is 0.00000180. The van der Waals surface area contributed by atoms with E-state index in [1.54, 1.807) is 10.4 Å². The minimum atomic E-state index is -3.35. The predicted octanol–water partition coefficient (Wildman–Crippen LogP) is 2.36. The molecule has 1 aliphatic rings. The molecule has 1 saturated heterocycles. The minimum Gasteiger partial charge on any atom is -0.319 e. The molecule has 1 fully saturated rings. The number of sulfonamides is 1. The van der Waals surface area contributed by atoms with Crippen molar-refractivity contribution in [3.8, 4) is 0 Å². The van der Waals surface area contributed by atoms with Gasteiger partial charge in [0.15, 0.2) is 0 Å². The molecular weight excluding hydrogens is 327 g/mol. The molecule has 0 amide bonds. The average molecular weight is 345 g/mol. The van der Waals surface area contributed by atoms with Crippen molar-refractivity contribution in [2.24, 2.45) is 5.92 Å². The fraction of sp³-hybridized carbons (Fsp3) is 0.636. The number of nitrogens with one attached hydrogen (secondary N) is 1. The Hall–Kier alpha value is 0.150. The minimum absolute atomic E-state index is 0. The summed E-state index contributed by atoms with van der Waals surface area (Å²) >= 11 is 7.09. The molecule has 2 heterocycles. The molecule has 1 aromatic rings. The van der Waals surface area contributed by atoms with E-state index in [9.17, 15) is 8.42 Å². The van der Waals surface area contributed by atoms with Crippen LogP contribution in [0.3, 0.4) is 0 Å². The summed E-state index contributed by atoms with van der Waals surface area (Å²) < 4.78 is 27.3. The monoisotopic (exact) mass is 344 g/mol. The third-order valence-corrected chi connectivity index (χ3v) is 7.04. The van der Waals surface area contributed by atoms with Crippen LogP contribution in [-0.4, -0.2) is 39.4 Å². The summed E-state index contributed by atoms with van der Waals surface area (Å²) in [4.78, 5) is 0. The van der Waals surface area contributed by atoms with Crippen LogP contribution in [0.5, 0.6) is 0 Å². The maximum atomic E-state index is 12.4. The van der Waals surface area contributed by atoms with Gasteiger partial charge in [0.05, 0.1) is 4.34 Å². The van der Waals surface area contributed by atoms with Gasteiger partial charge in [0.2, 0.25) is 0 Å². The Morgan fingerprint density at radius 3 is 2.79 bits per heavy atom. The Morgan fingerprint density at radius 1 is 1.58 bits per heavy atom. The van der Waals surface area contributed by atoms with Gasteiger partial charge in [0, 0.05) is 13.1 Å². The summed E-state index contributed by atoms with van der Waals surface area (Å²) in [7, 11) is -1.46. The van der Waals surface area contributed by atoms with E-state index in [4.69, 9.17) is 11.6 Å². The second-order valence-electron chi connectivity index (χ2n) is 4.60. The molecule has 0 aromatic carbocycles. The Bertz CT molecular complexity index is 511. The average Bonchev–Trinajstić information content (AvgIpc) is 2.88. The van der Waals surface area contributed by atoms with Gasteiger partial charge in [0.1, 0.15) is 4.21 Å². The lowest BCUT2D eigenvalue weighted by atomic mass is 10.1. The van der Waals surface area contributed by atoms with E-state index in [2.05, 4.69) is 5.32 Å². The number of rotatable bonds is 4. The van der Waals surface area contributed by atoms with Gasteiger partial charge in [-0.05, 0) is 44.5 Å². The maximum absolute atomic E-state index is 12.4. The number of nitrogens with zero attached hydrogens (tertiary/aromatic N) is 1. The molecule has 1 N–H and O–H groups in total. The van der Waals surface area contributed by atoms with Gasteiger partial charge in [-0.2, -0.15) is 4.31 Å². The highest BCUT2D eigenvalue weighted by Gasteiger charge is 2.33. The van der Waals surface area contributed by atoms with Gasteiger partial charge < -0.3 is 5.32 Å². The Labute approximate surface area is 129 Å². The van der Waals surface area contributed by atoms with Crippen LogP contribution >= 0.6 is 35.3 Å². The molecule has 0 saturated carbocycles. The number of hydrogen-bond acceptors (Lipinski definition) is 4. The second-order valence-corrected chi connectivity index (χ2v) is 8.42. The van der Waals surface area contributed by atoms with Crippen LogP contribution in [0.1, 0.15) is 12.0 Å². The maximum Gasteiger partial charge on any atom is 0.252 e. The van der Waals surface area contributed by atoms with Crippen LogP contribution < -0.4 is 5.32 Å². The molecule has 110 valence electrons. The van der Waals surface area contributed by atoms with Crippen LogP contribution in [0.15, 0.2) is 10.3 Å². The largest absolute Gasteiger partial charge is 0.319 e. The molecule has 1 aliphatic heterocycles. The Kier molecular flexibility index (Phi) is 6.10. The summed E-state index contributed by atoms with van der Waals surface area (Å²) in [6, 6.07) is 1.66. The number of thiophene rings is 1. The van der Waals surface area contributed by atoms with E-state index in [0.717, 1.165) is 29.9 Å². The number of halogens is 2. The molecule has 8 heteroatoms. The fourth-order valence-electron chi connectivity index (χ4n) is 2.16. The van der Waals surface area contributed by atoms with Gasteiger partial charge in [-0.15, -0.1) is 23.7 Å². The van der Waals surface area contributed by atoms with E-state index in [0.29, 0.717) is 27.6 Å². The summed E-state index contributed by atoms with van der Waals surface area (Å²) in [6.07, 6.45) is 0.915.